The average molecular weight is 607 g/mol. The van der Waals surface area contributed by atoms with Gasteiger partial charge in [-0.3, -0.25) is 14.4 Å². The first kappa shape index (κ1) is 28.7. The summed E-state index contributed by atoms with van der Waals surface area (Å²) in [5.74, 6) is -7.00. The molecule has 0 saturated carbocycles. The Morgan fingerprint density at radius 1 is 1.21 bits per heavy atom. The number of aromatic nitrogens is 1. The number of fused-ring (bicyclic) bond motifs is 3. The van der Waals surface area contributed by atoms with Crippen LogP contribution in [0.15, 0.2) is 40.9 Å². The molecule has 1 fully saturated rings. The number of hydrogen-bond acceptors (Lipinski definition) is 5. The molecule has 2 N–H and O–H groups in total. The Labute approximate surface area is 240 Å². The van der Waals surface area contributed by atoms with Crippen LogP contribution < -0.4 is 10.6 Å². The first-order valence-corrected chi connectivity index (χ1v) is 13.5. The van der Waals surface area contributed by atoms with Crippen molar-refractivity contribution in [1.82, 2.24) is 15.2 Å². The van der Waals surface area contributed by atoms with Crippen molar-refractivity contribution >= 4 is 23.5 Å². The number of aryl methyl sites for hydroxylation is 1. The fourth-order valence-corrected chi connectivity index (χ4v) is 6.51. The predicted molar refractivity (Wildman–Crippen MR) is 137 cm³/mol. The summed E-state index contributed by atoms with van der Waals surface area (Å²) in [7, 11) is 0. The molecule has 0 radical (unpaired) electrons. The van der Waals surface area contributed by atoms with Crippen molar-refractivity contribution in [2.45, 2.75) is 62.2 Å². The number of furan rings is 1. The van der Waals surface area contributed by atoms with Gasteiger partial charge in [0.15, 0.2) is 17.4 Å². The van der Waals surface area contributed by atoms with Gasteiger partial charge in [0.05, 0.1) is 5.41 Å². The van der Waals surface area contributed by atoms with Crippen molar-refractivity contribution in [1.29, 1.82) is 0 Å². The smallest absolute Gasteiger partial charge is 0.406 e. The summed E-state index contributed by atoms with van der Waals surface area (Å²) in [6.07, 6.45) is -2.83. The van der Waals surface area contributed by atoms with E-state index in [0.717, 1.165) is 5.56 Å². The number of carbonyl (C=O) groups is 3. The minimum absolute atomic E-state index is 0.204. The van der Waals surface area contributed by atoms with E-state index in [1.165, 1.54) is 13.0 Å². The van der Waals surface area contributed by atoms with E-state index in [1.54, 1.807) is 18.3 Å². The highest BCUT2D eigenvalue weighted by Crippen LogP contribution is 2.46. The van der Waals surface area contributed by atoms with Crippen molar-refractivity contribution < 1.29 is 45.1 Å². The van der Waals surface area contributed by atoms with Crippen LogP contribution >= 0.6 is 0 Å². The standard InChI is InChI=1S/C29H24F6N4O4/c1-13-16(17-8-15(30)9-19(31)23(17)32)10-20(26(41)39(13)12-29(33,34)35)37-25(40)22-7-14-11-28(5-4-21(14)43-22)18-3-2-6-36-24(18)38-27(28)42/h2-3,6-9,13,16,20H,4-5,10-12H2,1H3,(H,37,40)(H,36,38,42)/t13?,16?,20?,28-/m1/s1. The monoisotopic (exact) mass is 606 g/mol. The number of piperidine rings is 1. The zero-order valence-corrected chi connectivity index (χ0v) is 22.5. The number of likely N-dealkylation sites (tertiary alicyclic amines) is 1. The molecular formula is C29H24F6N4O4. The Bertz CT molecular complexity index is 1660. The van der Waals surface area contributed by atoms with E-state index >= 15 is 0 Å². The number of pyridine rings is 1. The number of benzene rings is 1. The molecule has 6 rings (SSSR count). The Balaban J connectivity index is 1.27. The molecule has 3 aliphatic rings. The van der Waals surface area contributed by atoms with Gasteiger partial charge in [-0.05, 0) is 55.5 Å². The highest BCUT2D eigenvalue weighted by atomic mass is 19.4. The van der Waals surface area contributed by atoms with Gasteiger partial charge in [-0.1, -0.05) is 6.07 Å². The maximum atomic E-state index is 14.7. The minimum atomic E-state index is -4.84. The third-order valence-corrected chi connectivity index (χ3v) is 8.60. The molecule has 2 aromatic heterocycles. The molecule has 1 saturated heterocycles. The van der Waals surface area contributed by atoms with Crippen molar-refractivity contribution in [3.05, 3.63) is 82.2 Å². The van der Waals surface area contributed by atoms with E-state index in [1.807, 2.05) is 0 Å². The molecule has 226 valence electrons. The summed E-state index contributed by atoms with van der Waals surface area (Å²) in [4.78, 5) is 44.0. The minimum Gasteiger partial charge on any atom is -0.456 e. The van der Waals surface area contributed by atoms with Gasteiger partial charge in [0, 0.05) is 36.2 Å². The molecular weight excluding hydrogens is 582 g/mol. The van der Waals surface area contributed by atoms with E-state index in [9.17, 15) is 40.7 Å². The highest BCUT2D eigenvalue weighted by Gasteiger charge is 2.50. The molecule has 3 amide bonds. The second-order valence-corrected chi connectivity index (χ2v) is 11.2. The number of nitrogens with zero attached hydrogens (tertiary/aromatic N) is 2. The molecule has 1 aromatic carbocycles. The maximum Gasteiger partial charge on any atom is 0.406 e. The van der Waals surface area contributed by atoms with Crippen molar-refractivity contribution in [2.75, 3.05) is 11.9 Å². The molecule has 1 aliphatic carbocycles. The lowest BCUT2D eigenvalue weighted by atomic mass is 9.70. The fraction of sp³-hybridized carbons (Fsp3) is 0.379. The zero-order chi connectivity index (χ0) is 30.8. The molecule has 0 bridgehead atoms. The highest BCUT2D eigenvalue weighted by molar-refractivity contribution is 6.05. The van der Waals surface area contributed by atoms with Gasteiger partial charge >= 0.3 is 6.18 Å². The molecule has 43 heavy (non-hydrogen) atoms. The SMILES string of the molecule is CC1C(c2cc(F)cc(F)c2F)CC(NC(=O)c2cc3c(o2)CC[C@]2(C3)C(=O)Nc3ncccc32)C(=O)N1CC(F)(F)F. The van der Waals surface area contributed by atoms with Crippen molar-refractivity contribution in [3.8, 4) is 0 Å². The largest absolute Gasteiger partial charge is 0.456 e. The van der Waals surface area contributed by atoms with Gasteiger partial charge in [-0.2, -0.15) is 13.2 Å². The van der Waals surface area contributed by atoms with Crippen LogP contribution in [0.4, 0.5) is 32.2 Å². The lowest BCUT2D eigenvalue weighted by molar-refractivity contribution is -0.170. The Hall–Kier alpha value is -4.36. The molecule has 4 heterocycles. The van der Waals surface area contributed by atoms with Crippen LogP contribution in [0.5, 0.6) is 0 Å². The number of anilines is 1. The van der Waals surface area contributed by atoms with E-state index in [-0.39, 0.29) is 18.1 Å². The van der Waals surface area contributed by atoms with Crippen LogP contribution in [0, 0.1) is 17.5 Å². The molecule has 3 aromatic rings. The van der Waals surface area contributed by atoms with E-state index in [0.29, 0.717) is 47.0 Å². The number of amides is 3. The molecule has 4 atom stereocenters. The second-order valence-electron chi connectivity index (χ2n) is 11.2. The van der Waals surface area contributed by atoms with Crippen LogP contribution in [-0.2, 0) is 27.8 Å². The van der Waals surface area contributed by atoms with Crippen molar-refractivity contribution in [2.24, 2.45) is 0 Å². The van der Waals surface area contributed by atoms with Crippen LogP contribution in [-0.4, -0.2) is 52.4 Å². The molecule has 8 nitrogen and oxygen atoms in total. The summed E-state index contributed by atoms with van der Waals surface area (Å²) in [5.41, 5.74) is -0.177. The van der Waals surface area contributed by atoms with E-state index in [2.05, 4.69) is 15.6 Å². The number of carbonyl (C=O) groups excluding carboxylic acids is 3. The third-order valence-electron chi connectivity index (χ3n) is 8.60. The first-order chi connectivity index (χ1) is 20.3. The normalized spacial score (nSPS) is 25.0. The van der Waals surface area contributed by atoms with Gasteiger partial charge < -0.3 is 20.0 Å². The van der Waals surface area contributed by atoms with Gasteiger partial charge in [0.1, 0.15) is 30.0 Å². The summed E-state index contributed by atoms with van der Waals surface area (Å²) in [6, 6.07) is 3.00. The van der Waals surface area contributed by atoms with Crippen LogP contribution in [0.25, 0.3) is 0 Å². The number of rotatable bonds is 4. The fourth-order valence-electron chi connectivity index (χ4n) is 6.51. The quantitative estimate of drug-likeness (QED) is 0.336. The number of halogens is 6. The van der Waals surface area contributed by atoms with Crippen LogP contribution in [0.3, 0.4) is 0 Å². The number of alkyl halides is 3. The summed E-state index contributed by atoms with van der Waals surface area (Å²) in [5, 5.41) is 5.15. The Kier molecular flexibility index (Phi) is 6.77. The Morgan fingerprint density at radius 3 is 2.72 bits per heavy atom. The number of nitrogens with one attached hydrogen (secondary N) is 2. The van der Waals surface area contributed by atoms with Gasteiger partial charge in [-0.15, -0.1) is 0 Å². The Morgan fingerprint density at radius 2 is 1.98 bits per heavy atom. The summed E-state index contributed by atoms with van der Waals surface area (Å²) >= 11 is 0. The second kappa shape index (κ2) is 10.1. The van der Waals surface area contributed by atoms with Crippen molar-refractivity contribution in [3.63, 3.8) is 0 Å². The summed E-state index contributed by atoms with van der Waals surface area (Å²) < 4.78 is 88.8. The molecule has 3 unspecified atom stereocenters. The summed E-state index contributed by atoms with van der Waals surface area (Å²) in [6.45, 7) is -0.497. The number of hydrogen-bond donors (Lipinski definition) is 2. The van der Waals surface area contributed by atoms with Crippen LogP contribution in [0.1, 0.15) is 58.7 Å². The lowest BCUT2D eigenvalue weighted by Gasteiger charge is -2.43. The topological polar surface area (TPSA) is 105 Å². The van der Waals surface area contributed by atoms with E-state index < -0.39 is 77.4 Å². The van der Waals surface area contributed by atoms with E-state index in [4.69, 9.17) is 4.42 Å². The predicted octanol–water partition coefficient (Wildman–Crippen LogP) is 4.54. The zero-order valence-electron chi connectivity index (χ0n) is 22.5. The molecule has 1 spiro atoms. The van der Waals surface area contributed by atoms with Gasteiger partial charge in [-0.25, -0.2) is 18.2 Å². The van der Waals surface area contributed by atoms with Gasteiger partial charge in [0.2, 0.25) is 11.8 Å². The average Bonchev–Trinajstić information content (AvgIpc) is 3.48. The first-order valence-electron chi connectivity index (χ1n) is 13.5. The third kappa shape index (κ3) is 4.91. The lowest BCUT2D eigenvalue weighted by Crippen LogP contribution is -2.59. The van der Waals surface area contributed by atoms with Crippen LogP contribution in [0.2, 0.25) is 0 Å². The van der Waals surface area contributed by atoms with Gasteiger partial charge in [0.25, 0.3) is 5.91 Å². The maximum absolute atomic E-state index is 14.7. The molecule has 2 aliphatic heterocycles. The molecule has 14 heteroatoms.